The fraction of sp³-hybridized carbons (Fsp3) is 0.214. The number of carbonyl (C=O) groups is 2. The number of hydrogen-bond acceptors (Lipinski definition) is 6. The number of benzene rings is 1. The number of rotatable bonds is 5. The second-order valence-electron chi connectivity index (χ2n) is 5.01. The Morgan fingerprint density at radius 3 is 3.04 bits per heavy atom. The van der Waals surface area contributed by atoms with Gasteiger partial charge in [0, 0.05) is 12.5 Å². The zero-order chi connectivity index (χ0) is 17.1. The normalized spacial score (nSPS) is 16.2. The lowest BCUT2D eigenvalue weighted by atomic mass is 10.1. The summed E-state index contributed by atoms with van der Waals surface area (Å²) in [5.41, 5.74) is 1.24. The molecular formula is C14H13FN6O3. The molecule has 1 unspecified atom stereocenters. The molecule has 0 spiro atoms. The number of carbonyl (C=O) groups excluding carboxylic acids is 2. The maximum Gasteiger partial charge on any atom is 0.219 e. The Labute approximate surface area is 135 Å². The van der Waals surface area contributed by atoms with Crippen molar-refractivity contribution in [1.82, 2.24) is 20.3 Å². The summed E-state index contributed by atoms with van der Waals surface area (Å²) >= 11 is 0. The van der Waals surface area contributed by atoms with Gasteiger partial charge >= 0.3 is 0 Å². The number of halogens is 1. The molecule has 0 saturated heterocycles. The molecule has 0 saturated carbocycles. The second kappa shape index (κ2) is 6.44. The molecule has 0 radical (unpaired) electrons. The predicted molar refractivity (Wildman–Crippen MR) is 80.8 cm³/mol. The fourth-order valence-electron chi connectivity index (χ4n) is 2.23. The molecule has 1 aliphatic heterocycles. The van der Waals surface area contributed by atoms with E-state index in [2.05, 4.69) is 26.1 Å². The topological polar surface area (TPSA) is 111 Å². The van der Waals surface area contributed by atoms with Crippen molar-refractivity contribution in [3.8, 4) is 5.69 Å². The molecule has 10 heteroatoms. The summed E-state index contributed by atoms with van der Waals surface area (Å²) in [5.74, 6) is -0.565. The Morgan fingerprint density at radius 1 is 1.50 bits per heavy atom. The Morgan fingerprint density at radius 2 is 2.33 bits per heavy atom. The van der Waals surface area contributed by atoms with Gasteiger partial charge in [-0.05, 0) is 12.1 Å². The van der Waals surface area contributed by atoms with Crippen LogP contribution in [0.4, 0.5) is 10.2 Å². The molecule has 124 valence electrons. The lowest BCUT2D eigenvalue weighted by Crippen LogP contribution is -2.32. The van der Waals surface area contributed by atoms with Crippen LogP contribution < -0.4 is 10.6 Å². The van der Waals surface area contributed by atoms with E-state index < -0.39 is 12.0 Å². The van der Waals surface area contributed by atoms with Crippen LogP contribution in [0.1, 0.15) is 18.9 Å². The van der Waals surface area contributed by atoms with Gasteiger partial charge in [-0.15, -0.1) is 5.10 Å². The molecule has 1 aromatic carbocycles. The first-order valence-corrected chi connectivity index (χ1v) is 6.99. The van der Waals surface area contributed by atoms with Crippen LogP contribution in [0.2, 0.25) is 0 Å². The number of aromatic nitrogens is 3. The van der Waals surface area contributed by atoms with Gasteiger partial charge in [0.15, 0.2) is 5.82 Å². The quantitative estimate of drug-likeness (QED) is 0.777. The molecule has 2 amide bonds. The van der Waals surface area contributed by atoms with E-state index in [-0.39, 0.29) is 17.4 Å². The highest BCUT2D eigenvalue weighted by atomic mass is 19.1. The molecular weight excluding hydrogens is 319 g/mol. The number of amides is 2. The third kappa shape index (κ3) is 3.21. The standard InChI is InChI=1S/C14H13FN6O3/c1-8(23)17-14-5-11(19-24-14)9-2-3-12(10(15)4-9)21-6-13(16-7-22)18-20-21/h2-4,6-7,14H,5H2,1H3,(H,16,22)(H,17,23). The van der Waals surface area contributed by atoms with E-state index in [1.54, 1.807) is 6.07 Å². The predicted octanol–water partition coefficient (Wildman–Crippen LogP) is 0.561. The zero-order valence-corrected chi connectivity index (χ0v) is 12.6. The number of anilines is 1. The van der Waals surface area contributed by atoms with Crippen molar-refractivity contribution in [3.05, 3.63) is 35.8 Å². The molecule has 24 heavy (non-hydrogen) atoms. The lowest BCUT2D eigenvalue weighted by Gasteiger charge is -2.08. The van der Waals surface area contributed by atoms with Gasteiger partial charge < -0.3 is 15.5 Å². The van der Waals surface area contributed by atoms with Crippen LogP contribution in [0.25, 0.3) is 5.69 Å². The SMILES string of the molecule is CC(=O)NC1CC(c2ccc(-n3cc(NC=O)nn3)c(F)c2)=NO1. The van der Waals surface area contributed by atoms with Gasteiger partial charge in [-0.1, -0.05) is 16.4 Å². The molecule has 1 aromatic heterocycles. The van der Waals surface area contributed by atoms with Gasteiger partial charge in [0.1, 0.15) is 11.5 Å². The van der Waals surface area contributed by atoms with Crippen LogP contribution in [-0.4, -0.2) is 39.3 Å². The summed E-state index contributed by atoms with van der Waals surface area (Å²) in [7, 11) is 0. The highest BCUT2D eigenvalue weighted by Crippen LogP contribution is 2.20. The molecule has 0 fully saturated rings. The minimum atomic E-state index is -0.549. The molecule has 2 N–H and O–H groups in total. The Bertz CT molecular complexity index is 819. The Hall–Kier alpha value is -3.30. The van der Waals surface area contributed by atoms with Crippen molar-refractivity contribution in [1.29, 1.82) is 0 Å². The number of oxime groups is 1. The minimum absolute atomic E-state index is 0.170. The largest absolute Gasteiger partial charge is 0.370 e. The van der Waals surface area contributed by atoms with Crippen LogP contribution in [-0.2, 0) is 14.4 Å². The van der Waals surface area contributed by atoms with Crippen LogP contribution in [0, 0.1) is 5.82 Å². The first-order chi connectivity index (χ1) is 11.6. The van der Waals surface area contributed by atoms with Crippen LogP contribution >= 0.6 is 0 Å². The van der Waals surface area contributed by atoms with Crippen molar-refractivity contribution in [2.24, 2.45) is 5.16 Å². The summed E-state index contributed by atoms with van der Waals surface area (Å²) in [4.78, 5) is 26.4. The summed E-state index contributed by atoms with van der Waals surface area (Å²) in [6.07, 6.45) is 1.63. The van der Waals surface area contributed by atoms with Crippen molar-refractivity contribution in [2.45, 2.75) is 19.6 Å². The van der Waals surface area contributed by atoms with Crippen LogP contribution in [0.15, 0.2) is 29.6 Å². The van der Waals surface area contributed by atoms with E-state index in [1.807, 2.05) is 0 Å². The van der Waals surface area contributed by atoms with E-state index in [4.69, 9.17) is 4.84 Å². The third-order valence-electron chi connectivity index (χ3n) is 3.26. The third-order valence-corrected chi connectivity index (χ3v) is 3.26. The van der Waals surface area contributed by atoms with E-state index in [9.17, 15) is 14.0 Å². The summed E-state index contributed by atoms with van der Waals surface area (Å²) in [6.45, 7) is 1.38. The molecule has 9 nitrogen and oxygen atoms in total. The van der Waals surface area contributed by atoms with Gasteiger partial charge in [0.25, 0.3) is 0 Å². The van der Waals surface area contributed by atoms with E-state index in [0.29, 0.717) is 24.1 Å². The smallest absolute Gasteiger partial charge is 0.219 e. The summed E-state index contributed by atoms with van der Waals surface area (Å²) in [5, 5.41) is 16.2. The number of nitrogens with zero attached hydrogens (tertiary/aromatic N) is 4. The summed E-state index contributed by atoms with van der Waals surface area (Å²) < 4.78 is 15.6. The van der Waals surface area contributed by atoms with Gasteiger partial charge in [-0.25, -0.2) is 9.07 Å². The molecule has 2 aromatic rings. The maximum absolute atomic E-state index is 14.3. The van der Waals surface area contributed by atoms with Crippen LogP contribution in [0.5, 0.6) is 0 Å². The van der Waals surface area contributed by atoms with Gasteiger partial charge in [-0.2, -0.15) is 0 Å². The lowest BCUT2D eigenvalue weighted by molar-refractivity contribution is -0.122. The Balaban J connectivity index is 1.77. The summed E-state index contributed by atoms with van der Waals surface area (Å²) in [6, 6.07) is 4.46. The number of hydrogen-bond donors (Lipinski definition) is 2. The molecule has 1 aliphatic rings. The molecule has 0 bridgehead atoms. The monoisotopic (exact) mass is 332 g/mol. The van der Waals surface area contributed by atoms with Crippen molar-refractivity contribution in [3.63, 3.8) is 0 Å². The highest BCUT2D eigenvalue weighted by Gasteiger charge is 2.23. The molecule has 0 aliphatic carbocycles. The first kappa shape index (κ1) is 15.6. The second-order valence-corrected chi connectivity index (χ2v) is 5.01. The van der Waals surface area contributed by atoms with Crippen molar-refractivity contribution >= 4 is 23.8 Å². The molecule has 2 heterocycles. The Kier molecular flexibility index (Phi) is 4.18. The van der Waals surface area contributed by atoms with E-state index >= 15 is 0 Å². The van der Waals surface area contributed by atoms with Gasteiger partial charge in [0.2, 0.25) is 18.5 Å². The van der Waals surface area contributed by atoms with Crippen molar-refractivity contribution < 1.29 is 18.8 Å². The van der Waals surface area contributed by atoms with Gasteiger partial charge in [0.05, 0.1) is 18.3 Å². The average molecular weight is 332 g/mol. The van der Waals surface area contributed by atoms with Crippen LogP contribution in [0.3, 0.4) is 0 Å². The highest BCUT2D eigenvalue weighted by molar-refractivity contribution is 6.01. The van der Waals surface area contributed by atoms with Gasteiger partial charge in [-0.3, -0.25) is 9.59 Å². The fourth-order valence-corrected chi connectivity index (χ4v) is 2.23. The van der Waals surface area contributed by atoms with E-state index in [0.717, 1.165) is 0 Å². The van der Waals surface area contributed by atoms with E-state index in [1.165, 1.54) is 29.9 Å². The zero-order valence-electron chi connectivity index (χ0n) is 12.6. The minimum Gasteiger partial charge on any atom is -0.370 e. The number of nitrogens with one attached hydrogen (secondary N) is 2. The molecule has 3 rings (SSSR count). The van der Waals surface area contributed by atoms with Crippen molar-refractivity contribution in [2.75, 3.05) is 5.32 Å². The molecule has 1 atom stereocenters. The maximum atomic E-state index is 14.3. The first-order valence-electron chi connectivity index (χ1n) is 6.99. The average Bonchev–Trinajstić information content (AvgIpc) is 3.16.